The summed E-state index contributed by atoms with van der Waals surface area (Å²) in [6.45, 7) is 7.65. The fraction of sp³-hybridized carbons (Fsp3) is 0.571. The molecule has 200 valence electrons. The maximum Gasteiger partial charge on any atom is 0.239 e. The monoisotopic (exact) mass is 516 g/mol. The first kappa shape index (κ1) is 24.0. The van der Waals surface area contributed by atoms with Crippen LogP contribution in [0.2, 0.25) is 0 Å². The summed E-state index contributed by atoms with van der Waals surface area (Å²) in [5, 5.41) is 10.8. The van der Waals surface area contributed by atoms with E-state index in [1.807, 2.05) is 29.7 Å². The topological polar surface area (TPSA) is 97.4 Å². The van der Waals surface area contributed by atoms with Gasteiger partial charge in [0.25, 0.3) is 0 Å². The van der Waals surface area contributed by atoms with Gasteiger partial charge in [0, 0.05) is 20.1 Å². The number of piperidine rings is 1. The number of anilines is 1. The Labute approximate surface area is 222 Å². The van der Waals surface area contributed by atoms with Crippen molar-refractivity contribution >= 4 is 28.0 Å². The Hall–Kier alpha value is -3.08. The minimum atomic E-state index is -0.404. The van der Waals surface area contributed by atoms with Crippen LogP contribution < -0.4 is 4.90 Å². The van der Waals surface area contributed by atoms with Crippen molar-refractivity contribution in [3.63, 3.8) is 0 Å². The Kier molecular flexibility index (Phi) is 5.86. The van der Waals surface area contributed by atoms with Crippen molar-refractivity contribution in [2.45, 2.75) is 51.2 Å². The molecule has 10 heteroatoms. The minimum absolute atomic E-state index is 0.404. The van der Waals surface area contributed by atoms with Gasteiger partial charge in [0.05, 0.1) is 36.4 Å². The summed E-state index contributed by atoms with van der Waals surface area (Å²) in [5.74, 6) is 3.76. The summed E-state index contributed by atoms with van der Waals surface area (Å²) >= 11 is 0. The quantitative estimate of drug-likeness (QED) is 0.433. The van der Waals surface area contributed by atoms with E-state index in [1.165, 1.54) is 6.42 Å². The van der Waals surface area contributed by atoms with Gasteiger partial charge in [-0.2, -0.15) is 9.97 Å². The number of fused-ring (bicyclic) bond motifs is 2. The molecule has 2 saturated heterocycles. The van der Waals surface area contributed by atoms with Crippen molar-refractivity contribution in [2.24, 2.45) is 13.0 Å². The second kappa shape index (κ2) is 9.29. The van der Waals surface area contributed by atoms with Crippen LogP contribution in [0.1, 0.15) is 43.8 Å². The molecule has 2 aliphatic heterocycles. The molecule has 7 rings (SSSR count). The summed E-state index contributed by atoms with van der Waals surface area (Å²) in [5.41, 5.74) is 3.20. The minimum Gasteiger partial charge on any atom is -0.390 e. The first-order chi connectivity index (χ1) is 18.5. The van der Waals surface area contributed by atoms with Gasteiger partial charge in [0.1, 0.15) is 11.6 Å². The molecular formula is C28H36N8O2. The Morgan fingerprint density at radius 2 is 1.76 bits per heavy atom. The van der Waals surface area contributed by atoms with Crippen molar-refractivity contribution in [1.82, 2.24) is 34.0 Å². The third-order valence-corrected chi connectivity index (χ3v) is 8.95. The lowest BCUT2D eigenvalue weighted by Crippen LogP contribution is -2.49. The Balaban J connectivity index is 1.25. The molecule has 1 aliphatic carbocycles. The van der Waals surface area contributed by atoms with E-state index in [0.717, 1.165) is 98.1 Å². The summed E-state index contributed by atoms with van der Waals surface area (Å²) in [4.78, 5) is 24.8. The molecule has 3 fully saturated rings. The maximum absolute atomic E-state index is 10.8. The molecule has 4 aromatic rings. The van der Waals surface area contributed by atoms with Crippen molar-refractivity contribution < 1.29 is 9.84 Å². The van der Waals surface area contributed by atoms with Crippen LogP contribution >= 0.6 is 0 Å². The summed E-state index contributed by atoms with van der Waals surface area (Å²) in [7, 11) is 2.06. The van der Waals surface area contributed by atoms with Crippen molar-refractivity contribution in [3.8, 4) is 5.95 Å². The number of likely N-dealkylation sites (tertiary alicyclic amines) is 1. The number of benzene rings is 1. The van der Waals surface area contributed by atoms with E-state index < -0.39 is 5.60 Å². The second-order valence-electron chi connectivity index (χ2n) is 11.2. The molecule has 1 N–H and O–H groups in total. The number of para-hydroxylation sites is 2. The maximum atomic E-state index is 10.8. The average molecular weight is 517 g/mol. The van der Waals surface area contributed by atoms with Gasteiger partial charge < -0.3 is 19.3 Å². The third kappa shape index (κ3) is 3.97. The van der Waals surface area contributed by atoms with E-state index in [2.05, 4.69) is 27.5 Å². The zero-order valence-corrected chi connectivity index (χ0v) is 22.3. The Morgan fingerprint density at radius 1 is 1.00 bits per heavy atom. The number of rotatable bonds is 5. The van der Waals surface area contributed by atoms with E-state index >= 15 is 0 Å². The molecule has 10 nitrogen and oxygen atoms in total. The highest BCUT2D eigenvalue weighted by atomic mass is 16.5. The standard InChI is InChI=1S/C28H36N8O2/c1-19-29-21-6-3-4-7-22(21)36(19)27-31-25-24(26(32-27)35-14-16-38-17-15-35)30-23(33(25)2)18-34-12-8-20(9-13-34)28(37)10-5-11-28/h3-4,6-7,20,37H,5,8-18H2,1-2H3. The number of aliphatic hydroxyl groups is 1. The number of aryl methyl sites for hydroxylation is 2. The fourth-order valence-electron chi connectivity index (χ4n) is 6.49. The van der Waals surface area contributed by atoms with Gasteiger partial charge in [-0.1, -0.05) is 12.1 Å². The fourth-order valence-corrected chi connectivity index (χ4v) is 6.49. The number of hydrogen-bond donors (Lipinski definition) is 1. The van der Waals surface area contributed by atoms with Crippen LogP contribution in [0, 0.1) is 12.8 Å². The van der Waals surface area contributed by atoms with Gasteiger partial charge in [-0.15, -0.1) is 0 Å². The van der Waals surface area contributed by atoms with Crippen LogP contribution in [0.3, 0.4) is 0 Å². The number of aromatic nitrogens is 6. The highest BCUT2D eigenvalue weighted by Gasteiger charge is 2.43. The molecule has 0 unspecified atom stereocenters. The Bertz CT molecular complexity index is 1480. The van der Waals surface area contributed by atoms with E-state index in [4.69, 9.17) is 24.7 Å². The van der Waals surface area contributed by atoms with E-state index in [0.29, 0.717) is 25.1 Å². The van der Waals surface area contributed by atoms with Crippen molar-refractivity contribution in [1.29, 1.82) is 0 Å². The summed E-state index contributed by atoms with van der Waals surface area (Å²) < 4.78 is 9.81. The van der Waals surface area contributed by atoms with Gasteiger partial charge >= 0.3 is 0 Å². The van der Waals surface area contributed by atoms with Gasteiger partial charge in [-0.05, 0) is 70.2 Å². The third-order valence-electron chi connectivity index (χ3n) is 8.95. The SMILES string of the molecule is Cc1nc2ccccc2n1-c1nc(N2CCOCC2)c2nc(CN3CCC(C4(O)CCC4)CC3)n(C)c2n1. The smallest absolute Gasteiger partial charge is 0.239 e. The van der Waals surface area contributed by atoms with E-state index in [-0.39, 0.29) is 0 Å². The van der Waals surface area contributed by atoms with Crippen LogP contribution in [-0.4, -0.2) is 84.1 Å². The molecule has 0 spiro atoms. The number of nitrogens with zero attached hydrogens (tertiary/aromatic N) is 8. The molecule has 0 radical (unpaired) electrons. The van der Waals surface area contributed by atoms with Crippen molar-refractivity contribution in [3.05, 3.63) is 35.9 Å². The largest absolute Gasteiger partial charge is 0.390 e. The second-order valence-corrected chi connectivity index (χ2v) is 11.2. The lowest BCUT2D eigenvalue weighted by atomic mass is 9.68. The number of ether oxygens (including phenoxy) is 1. The highest BCUT2D eigenvalue weighted by Crippen LogP contribution is 2.43. The van der Waals surface area contributed by atoms with Crippen LogP contribution in [0.15, 0.2) is 24.3 Å². The first-order valence-electron chi connectivity index (χ1n) is 14.0. The molecule has 5 heterocycles. The van der Waals surface area contributed by atoms with Crippen LogP contribution in [-0.2, 0) is 18.3 Å². The van der Waals surface area contributed by atoms with Crippen molar-refractivity contribution in [2.75, 3.05) is 44.3 Å². The first-order valence-corrected chi connectivity index (χ1v) is 14.0. The molecule has 0 atom stereocenters. The van der Waals surface area contributed by atoms with E-state index in [1.54, 1.807) is 0 Å². The zero-order valence-electron chi connectivity index (χ0n) is 22.3. The lowest BCUT2D eigenvalue weighted by Gasteiger charge is -2.46. The predicted octanol–water partition coefficient (Wildman–Crippen LogP) is 2.97. The van der Waals surface area contributed by atoms with Crippen LogP contribution in [0.25, 0.3) is 28.1 Å². The molecule has 1 aromatic carbocycles. The number of imidazole rings is 2. The average Bonchev–Trinajstić information content (AvgIpc) is 3.43. The molecular weight excluding hydrogens is 480 g/mol. The summed E-state index contributed by atoms with van der Waals surface area (Å²) in [6.07, 6.45) is 5.21. The predicted molar refractivity (Wildman–Crippen MR) is 146 cm³/mol. The normalized spacial score (nSPS) is 20.9. The van der Waals surface area contributed by atoms with Gasteiger partial charge in [-0.3, -0.25) is 9.47 Å². The number of morpholine rings is 1. The van der Waals surface area contributed by atoms with E-state index in [9.17, 15) is 5.11 Å². The highest BCUT2D eigenvalue weighted by molar-refractivity contribution is 5.86. The van der Waals surface area contributed by atoms with Gasteiger partial charge in [0.2, 0.25) is 5.95 Å². The Morgan fingerprint density at radius 3 is 2.50 bits per heavy atom. The summed E-state index contributed by atoms with van der Waals surface area (Å²) in [6, 6.07) is 8.12. The van der Waals surface area contributed by atoms with Gasteiger partial charge in [-0.25, -0.2) is 9.97 Å². The van der Waals surface area contributed by atoms with Gasteiger partial charge in [0.15, 0.2) is 17.0 Å². The molecule has 0 bridgehead atoms. The van der Waals surface area contributed by atoms with Crippen LogP contribution in [0.5, 0.6) is 0 Å². The lowest BCUT2D eigenvalue weighted by molar-refractivity contribution is -0.100. The molecule has 3 aromatic heterocycles. The molecule has 38 heavy (non-hydrogen) atoms. The van der Waals surface area contributed by atoms with Crippen LogP contribution in [0.4, 0.5) is 5.82 Å². The zero-order chi connectivity index (χ0) is 25.9. The molecule has 0 amide bonds. The number of hydrogen-bond acceptors (Lipinski definition) is 8. The molecule has 1 saturated carbocycles. The molecule has 3 aliphatic rings.